The van der Waals surface area contributed by atoms with Gasteiger partial charge in [-0.15, -0.1) is 0 Å². The smallest absolute Gasteiger partial charge is 0.337 e. The summed E-state index contributed by atoms with van der Waals surface area (Å²) < 4.78 is 15.2. The van der Waals surface area contributed by atoms with Crippen LogP contribution in [-0.4, -0.2) is 47.4 Å². The molecule has 0 amide bonds. The topological polar surface area (TPSA) is 48.6 Å². The van der Waals surface area contributed by atoms with E-state index in [9.17, 15) is 4.79 Å². The summed E-state index contributed by atoms with van der Waals surface area (Å²) in [5, 5.41) is 0. The van der Waals surface area contributed by atoms with Crippen LogP contribution >= 0.6 is 0 Å². The van der Waals surface area contributed by atoms with Crippen molar-refractivity contribution < 1.29 is 9.47 Å². The maximum absolute atomic E-state index is 13.0. The van der Waals surface area contributed by atoms with E-state index in [4.69, 9.17) is 9.47 Å². The molecule has 1 fully saturated rings. The van der Waals surface area contributed by atoms with Gasteiger partial charge in [-0.3, -0.25) is 9.13 Å². The molecule has 1 aromatic heterocycles. The molecule has 0 aliphatic heterocycles. The molecule has 0 atom stereocenters. The molecule has 6 heteroatoms. The summed E-state index contributed by atoms with van der Waals surface area (Å²) in [7, 11) is 4.03. The molecule has 170 valence electrons. The maximum atomic E-state index is 13.0. The second kappa shape index (κ2) is 10.1. The van der Waals surface area contributed by atoms with Gasteiger partial charge in [0.05, 0.1) is 17.5 Å². The fraction of sp³-hybridized carbons (Fsp3) is 0.423. The summed E-state index contributed by atoms with van der Waals surface area (Å²) in [5.74, 6) is 2.47. The molecule has 6 nitrogen and oxygen atoms in total. The third kappa shape index (κ3) is 5.43. The first-order chi connectivity index (χ1) is 15.5. The van der Waals surface area contributed by atoms with E-state index in [1.54, 1.807) is 21.5 Å². The summed E-state index contributed by atoms with van der Waals surface area (Å²) >= 11 is 0. The van der Waals surface area contributed by atoms with E-state index in [0.717, 1.165) is 48.2 Å². The summed E-state index contributed by atoms with van der Waals surface area (Å²) in [4.78, 5) is 15.1. The van der Waals surface area contributed by atoms with E-state index in [0.29, 0.717) is 12.7 Å². The van der Waals surface area contributed by atoms with Crippen molar-refractivity contribution in [2.24, 2.45) is 5.92 Å². The quantitative estimate of drug-likeness (QED) is 0.522. The molecule has 2 aromatic carbocycles. The van der Waals surface area contributed by atoms with Gasteiger partial charge in [-0.05, 0) is 94.2 Å². The van der Waals surface area contributed by atoms with Crippen molar-refractivity contribution >= 4 is 0 Å². The summed E-state index contributed by atoms with van der Waals surface area (Å²) in [5.41, 5.74) is 1.52. The highest BCUT2D eigenvalue weighted by molar-refractivity contribution is 5.40. The molecule has 4 rings (SSSR count). The van der Waals surface area contributed by atoms with Crippen molar-refractivity contribution in [1.82, 2.24) is 14.0 Å². The first-order valence-corrected chi connectivity index (χ1v) is 11.4. The highest BCUT2D eigenvalue weighted by Gasteiger charge is 2.19. The predicted octanol–water partition coefficient (Wildman–Crippen LogP) is 4.53. The molecule has 0 unspecified atom stereocenters. The number of hydrogen-bond acceptors (Lipinski definition) is 4. The third-order valence-corrected chi connectivity index (χ3v) is 6.08. The highest BCUT2D eigenvalue weighted by Crippen LogP contribution is 2.27. The molecule has 1 aliphatic carbocycles. The van der Waals surface area contributed by atoms with E-state index >= 15 is 0 Å². The van der Waals surface area contributed by atoms with E-state index < -0.39 is 0 Å². The summed E-state index contributed by atoms with van der Waals surface area (Å²) in [6, 6.07) is 15.4. The molecule has 32 heavy (non-hydrogen) atoms. The summed E-state index contributed by atoms with van der Waals surface area (Å²) in [6.07, 6.45) is 8.58. The van der Waals surface area contributed by atoms with Crippen molar-refractivity contribution in [2.75, 3.05) is 27.2 Å². The Bertz CT molecular complexity index is 1040. The molecule has 1 aliphatic rings. The molecular formula is C26H33N3O3. The van der Waals surface area contributed by atoms with Crippen LogP contribution in [0.1, 0.15) is 32.6 Å². The Labute approximate surface area is 190 Å². The zero-order valence-electron chi connectivity index (χ0n) is 19.2. The van der Waals surface area contributed by atoms with Crippen molar-refractivity contribution in [2.45, 2.75) is 38.7 Å². The molecule has 1 heterocycles. The number of benzene rings is 2. The minimum atomic E-state index is -0.110. The van der Waals surface area contributed by atoms with Crippen LogP contribution in [0.2, 0.25) is 0 Å². The van der Waals surface area contributed by atoms with Crippen molar-refractivity contribution in [3.05, 3.63) is 71.4 Å². The number of ether oxygens (including phenoxy) is 2. The number of rotatable bonds is 8. The maximum Gasteiger partial charge on any atom is 0.337 e. The summed E-state index contributed by atoms with van der Waals surface area (Å²) in [6.45, 7) is 3.79. The molecule has 0 saturated heterocycles. The van der Waals surface area contributed by atoms with Crippen LogP contribution in [0.25, 0.3) is 11.4 Å². The lowest BCUT2D eigenvalue weighted by molar-refractivity contribution is 0.135. The molecule has 0 radical (unpaired) electrons. The Kier molecular flexibility index (Phi) is 7.00. The van der Waals surface area contributed by atoms with Crippen LogP contribution in [0.4, 0.5) is 0 Å². The average Bonchev–Trinajstić information content (AvgIpc) is 3.17. The van der Waals surface area contributed by atoms with Crippen LogP contribution in [-0.2, 0) is 0 Å². The Morgan fingerprint density at radius 1 is 0.844 bits per heavy atom. The van der Waals surface area contributed by atoms with Crippen LogP contribution in [0.3, 0.4) is 0 Å². The minimum absolute atomic E-state index is 0.110. The van der Waals surface area contributed by atoms with Crippen LogP contribution < -0.4 is 15.2 Å². The van der Waals surface area contributed by atoms with Crippen molar-refractivity contribution in [1.29, 1.82) is 0 Å². The zero-order chi connectivity index (χ0) is 22.5. The normalized spacial score (nSPS) is 18.6. The first kappa shape index (κ1) is 22.2. The van der Waals surface area contributed by atoms with Crippen LogP contribution in [0.15, 0.2) is 65.7 Å². The van der Waals surface area contributed by atoms with Gasteiger partial charge in [0.1, 0.15) is 18.1 Å². The Morgan fingerprint density at radius 2 is 1.38 bits per heavy atom. The lowest BCUT2D eigenvalue weighted by Crippen LogP contribution is -2.23. The Morgan fingerprint density at radius 3 is 1.91 bits per heavy atom. The predicted molar refractivity (Wildman–Crippen MR) is 127 cm³/mol. The average molecular weight is 436 g/mol. The van der Waals surface area contributed by atoms with Gasteiger partial charge >= 0.3 is 5.69 Å². The number of hydrogen-bond donors (Lipinski definition) is 0. The van der Waals surface area contributed by atoms with E-state index in [1.165, 1.54) is 12.8 Å². The first-order valence-electron chi connectivity index (χ1n) is 11.4. The lowest BCUT2D eigenvalue weighted by atomic mass is 9.89. The zero-order valence-corrected chi connectivity index (χ0v) is 19.2. The van der Waals surface area contributed by atoms with Gasteiger partial charge in [0.2, 0.25) is 0 Å². The number of likely N-dealkylation sites (N-methyl/N-ethyl adjacent to an activating group) is 1. The van der Waals surface area contributed by atoms with E-state index in [1.807, 2.05) is 62.6 Å². The lowest BCUT2D eigenvalue weighted by Gasteiger charge is -2.26. The van der Waals surface area contributed by atoms with E-state index in [2.05, 4.69) is 11.8 Å². The highest BCUT2D eigenvalue weighted by atomic mass is 16.5. The molecule has 1 saturated carbocycles. The fourth-order valence-corrected chi connectivity index (χ4v) is 4.04. The van der Waals surface area contributed by atoms with Gasteiger partial charge in [0.15, 0.2) is 0 Å². The second-order valence-corrected chi connectivity index (χ2v) is 8.96. The minimum Gasteiger partial charge on any atom is -0.492 e. The monoisotopic (exact) mass is 435 g/mol. The van der Waals surface area contributed by atoms with E-state index in [-0.39, 0.29) is 5.69 Å². The van der Waals surface area contributed by atoms with Crippen LogP contribution in [0.5, 0.6) is 11.5 Å². The number of imidazole rings is 1. The van der Waals surface area contributed by atoms with Gasteiger partial charge in [-0.1, -0.05) is 6.92 Å². The molecule has 0 bridgehead atoms. The molecule has 0 N–H and O–H groups in total. The number of nitrogens with zero attached hydrogens (tertiary/aromatic N) is 3. The van der Waals surface area contributed by atoms with Crippen LogP contribution in [0, 0.1) is 5.92 Å². The van der Waals surface area contributed by atoms with Crippen molar-refractivity contribution in [3.8, 4) is 22.9 Å². The molecule has 0 spiro atoms. The third-order valence-electron chi connectivity index (χ3n) is 6.08. The molecular weight excluding hydrogens is 402 g/mol. The second-order valence-electron chi connectivity index (χ2n) is 8.96. The van der Waals surface area contributed by atoms with Gasteiger partial charge in [-0.25, -0.2) is 4.79 Å². The van der Waals surface area contributed by atoms with Gasteiger partial charge < -0.3 is 14.4 Å². The molecule has 3 aromatic rings. The Balaban J connectivity index is 1.42. The largest absolute Gasteiger partial charge is 0.492 e. The van der Waals surface area contributed by atoms with Gasteiger partial charge in [-0.2, -0.15) is 0 Å². The van der Waals surface area contributed by atoms with Crippen molar-refractivity contribution in [3.63, 3.8) is 0 Å². The number of aromatic nitrogens is 2. The SMILES string of the molecule is CC1CCC(Oc2ccc(-n3ccn(-c4ccc(OCCN(C)C)cc4)c3=O)cc2)CC1. The fourth-order valence-electron chi connectivity index (χ4n) is 4.04. The standard InChI is InChI=1S/C26H33N3O3/c1-20-4-10-24(11-5-20)32-25-14-8-22(9-15-25)29-17-16-28(26(29)30)21-6-12-23(13-7-21)31-19-18-27(2)3/h6-9,12-17,20,24H,4-5,10-11,18-19H2,1-3H3. The Hall–Kier alpha value is -2.99. The van der Waals surface area contributed by atoms with Gasteiger partial charge in [0, 0.05) is 18.9 Å². The van der Waals surface area contributed by atoms with Gasteiger partial charge in [0.25, 0.3) is 0 Å².